The lowest BCUT2D eigenvalue weighted by atomic mass is 10.0. The van der Waals surface area contributed by atoms with Crippen LogP contribution in [0.3, 0.4) is 0 Å². The van der Waals surface area contributed by atoms with E-state index in [0.717, 1.165) is 43.4 Å². The summed E-state index contributed by atoms with van der Waals surface area (Å²) >= 11 is 0. The highest BCUT2D eigenvalue weighted by atomic mass is 16.4. The monoisotopic (exact) mass is 359 g/mol. The molecule has 0 amide bonds. The van der Waals surface area contributed by atoms with Gasteiger partial charge in [0.1, 0.15) is 5.56 Å². The summed E-state index contributed by atoms with van der Waals surface area (Å²) in [6.45, 7) is 3.73. The van der Waals surface area contributed by atoms with E-state index in [2.05, 4.69) is 9.88 Å². The van der Waals surface area contributed by atoms with Gasteiger partial charge in [-0.25, -0.2) is 4.79 Å². The van der Waals surface area contributed by atoms with Crippen molar-refractivity contribution in [2.24, 2.45) is 5.73 Å². The minimum Gasteiger partial charge on any atom is -0.477 e. The number of nitrogens with two attached hydrogens (primary N) is 1. The Morgan fingerprint density at radius 3 is 2.46 bits per heavy atom. The number of hydrogen-bond donors (Lipinski definition) is 4. The molecule has 140 valence electrons. The normalized spacial score (nSPS) is 16.2. The number of pyridine rings is 1. The number of aliphatic hydroxyl groups excluding tert-OH is 1. The molecule has 1 aliphatic heterocycles. The molecule has 26 heavy (non-hydrogen) atoms. The fourth-order valence-electron chi connectivity index (χ4n) is 3.13. The van der Waals surface area contributed by atoms with Crippen molar-refractivity contribution in [3.05, 3.63) is 51.8 Å². The second-order valence-electron chi connectivity index (χ2n) is 6.11. The van der Waals surface area contributed by atoms with E-state index >= 15 is 0 Å². The Morgan fingerprint density at radius 1 is 1.31 bits per heavy atom. The number of aromatic amines is 1. The average Bonchev–Trinajstić information content (AvgIpc) is 3.09. The van der Waals surface area contributed by atoms with Crippen molar-refractivity contribution in [2.45, 2.75) is 25.8 Å². The van der Waals surface area contributed by atoms with Crippen LogP contribution in [0.25, 0.3) is 11.3 Å². The van der Waals surface area contributed by atoms with Crippen LogP contribution in [0, 0.1) is 0 Å². The van der Waals surface area contributed by atoms with Crippen LogP contribution in [0.1, 0.15) is 29.3 Å². The van der Waals surface area contributed by atoms with Gasteiger partial charge in [0.05, 0.1) is 5.69 Å². The zero-order valence-corrected chi connectivity index (χ0v) is 15.0. The van der Waals surface area contributed by atoms with E-state index in [1.165, 1.54) is 6.07 Å². The number of aliphatic hydroxyl groups is 1. The molecule has 1 aromatic carbocycles. The van der Waals surface area contributed by atoms with Crippen LogP contribution >= 0.6 is 0 Å². The number of carboxylic acids is 1. The number of benzene rings is 1. The minimum absolute atomic E-state index is 0.219. The summed E-state index contributed by atoms with van der Waals surface area (Å²) < 4.78 is 0. The maximum Gasteiger partial charge on any atom is 0.341 e. The van der Waals surface area contributed by atoms with Crippen LogP contribution in [0.15, 0.2) is 35.1 Å². The maximum absolute atomic E-state index is 12.0. The summed E-state index contributed by atoms with van der Waals surface area (Å²) in [5, 5.41) is 16.1. The molecule has 1 aromatic heterocycles. The van der Waals surface area contributed by atoms with Crippen LogP contribution in [0.4, 0.5) is 5.69 Å². The number of H-pyrrole nitrogens is 1. The second kappa shape index (κ2) is 8.64. The molecule has 0 saturated carbocycles. The van der Waals surface area contributed by atoms with Gasteiger partial charge in [0.2, 0.25) is 0 Å². The Hall–Kier alpha value is -2.64. The SMILES string of the molecule is CCc1cc(C(=O)O)c(=O)[nH]c1-c1ccc(N2CCC(N)C2)cc1.CO. The van der Waals surface area contributed by atoms with Gasteiger partial charge in [0, 0.05) is 31.9 Å². The molecule has 7 nitrogen and oxygen atoms in total. The number of nitrogens with zero attached hydrogens (tertiary/aromatic N) is 1. The lowest BCUT2D eigenvalue weighted by Crippen LogP contribution is -2.26. The molecule has 7 heteroatoms. The third-order valence-corrected chi connectivity index (χ3v) is 4.48. The number of carbonyl (C=O) groups is 1. The number of carboxylic acid groups (broad SMARTS) is 1. The molecule has 1 saturated heterocycles. The first-order valence-corrected chi connectivity index (χ1v) is 8.54. The smallest absolute Gasteiger partial charge is 0.341 e. The summed E-state index contributed by atoms with van der Waals surface area (Å²) in [6.07, 6.45) is 1.63. The van der Waals surface area contributed by atoms with Crippen molar-refractivity contribution in [2.75, 3.05) is 25.1 Å². The summed E-state index contributed by atoms with van der Waals surface area (Å²) in [5.74, 6) is -1.21. The number of rotatable bonds is 4. The fourth-order valence-corrected chi connectivity index (χ4v) is 3.13. The van der Waals surface area contributed by atoms with Gasteiger partial charge < -0.3 is 25.8 Å². The van der Waals surface area contributed by atoms with Gasteiger partial charge >= 0.3 is 5.97 Å². The van der Waals surface area contributed by atoms with Gasteiger partial charge in [0.15, 0.2) is 0 Å². The zero-order valence-electron chi connectivity index (χ0n) is 15.0. The summed E-state index contributed by atoms with van der Waals surface area (Å²) in [5.41, 5.74) is 8.60. The van der Waals surface area contributed by atoms with E-state index in [1.807, 2.05) is 31.2 Å². The Labute approximate surface area is 152 Å². The second-order valence-corrected chi connectivity index (χ2v) is 6.11. The molecule has 1 unspecified atom stereocenters. The van der Waals surface area contributed by atoms with E-state index in [1.54, 1.807) is 0 Å². The fraction of sp³-hybridized carbons (Fsp3) is 0.368. The van der Waals surface area contributed by atoms with Crippen molar-refractivity contribution < 1.29 is 15.0 Å². The first-order valence-electron chi connectivity index (χ1n) is 8.54. The molecule has 0 aliphatic carbocycles. The van der Waals surface area contributed by atoms with E-state index in [-0.39, 0.29) is 11.6 Å². The molecule has 0 radical (unpaired) electrons. The molecular weight excluding hydrogens is 334 g/mol. The van der Waals surface area contributed by atoms with Gasteiger partial charge in [-0.3, -0.25) is 4.79 Å². The highest BCUT2D eigenvalue weighted by molar-refractivity contribution is 5.88. The number of hydrogen-bond acceptors (Lipinski definition) is 5. The number of anilines is 1. The van der Waals surface area contributed by atoms with Crippen LogP contribution in [0.2, 0.25) is 0 Å². The van der Waals surface area contributed by atoms with Crippen LogP contribution in [0.5, 0.6) is 0 Å². The Kier molecular flexibility index (Phi) is 6.54. The quantitative estimate of drug-likeness (QED) is 0.656. The summed E-state index contributed by atoms with van der Waals surface area (Å²) in [7, 11) is 1.00. The number of aromatic carboxylic acids is 1. The highest BCUT2D eigenvalue weighted by Crippen LogP contribution is 2.26. The third-order valence-electron chi connectivity index (χ3n) is 4.48. The van der Waals surface area contributed by atoms with Crippen LogP contribution in [-0.4, -0.2) is 47.4 Å². The van der Waals surface area contributed by atoms with Crippen molar-refractivity contribution in [3.8, 4) is 11.3 Å². The molecule has 2 aromatic rings. The van der Waals surface area contributed by atoms with Crippen molar-refractivity contribution >= 4 is 11.7 Å². The predicted molar refractivity (Wildman–Crippen MR) is 102 cm³/mol. The Morgan fingerprint density at radius 2 is 1.96 bits per heavy atom. The number of aryl methyl sites for hydroxylation is 1. The highest BCUT2D eigenvalue weighted by Gasteiger charge is 2.19. The first kappa shape index (κ1) is 19.7. The van der Waals surface area contributed by atoms with Gasteiger partial charge in [-0.05, 0) is 42.2 Å². The molecule has 2 heterocycles. The van der Waals surface area contributed by atoms with Gasteiger partial charge in [-0.1, -0.05) is 19.1 Å². The lowest BCUT2D eigenvalue weighted by molar-refractivity contribution is 0.0695. The predicted octanol–water partition coefficient (Wildman–Crippen LogP) is 1.45. The maximum atomic E-state index is 12.0. The van der Waals surface area contributed by atoms with Crippen LogP contribution in [-0.2, 0) is 6.42 Å². The first-order chi connectivity index (χ1) is 12.5. The molecular formula is C19H25N3O4. The third kappa shape index (κ3) is 4.12. The van der Waals surface area contributed by atoms with Crippen molar-refractivity contribution in [1.29, 1.82) is 0 Å². The topological polar surface area (TPSA) is 120 Å². The molecule has 1 aliphatic rings. The molecule has 0 bridgehead atoms. The zero-order chi connectivity index (χ0) is 19.3. The standard InChI is InChI=1S/C18H21N3O3.CH4O/c1-2-11-9-15(18(23)24)17(22)20-16(11)12-3-5-14(6-4-12)21-8-7-13(19)10-21;1-2/h3-6,9,13H,2,7-8,10,19H2,1H3,(H,20,22)(H,23,24);2H,1H3. The van der Waals surface area contributed by atoms with Gasteiger partial charge in [0.25, 0.3) is 5.56 Å². The van der Waals surface area contributed by atoms with E-state index in [4.69, 9.17) is 15.9 Å². The summed E-state index contributed by atoms with van der Waals surface area (Å²) in [4.78, 5) is 28.1. The molecule has 1 atom stereocenters. The van der Waals surface area contributed by atoms with Crippen molar-refractivity contribution in [3.63, 3.8) is 0 Å². The molecule has 5 N–H and O–H groups in total. The number of nitrogens with one attached hydrogen (secondary N) is 1. The summed E-state index contributed by atoms with van der Waals surface area (Å²) in [6, 6.07) is 9.60. The molecule has 3 rings (SSSR count). The lowest BCUT2D eigenvalue weighted by Gasteiger charge is -2.18. The Bertz CT molecular complexity index is 815. The van der Waals surface area contributed by atoms with Crippen molar-refractivity contribution in [1.82, 2.24) is 4.98 Å². The van der Waals surface area contributed by atoms with E-state index in [9.17, 15) is 9.59 Å². The molecule has 0 spiro atoms. The number of aromatic nitrogens is 1. The van der Waals surface area contributed by atoms with E-state index in [0.29, 0.717) is 12.1 Å². The van der Waals surface area contributed by atoms with Gasteiger partial charge in [-0.2, -0.15) is 0 Å². The largest absolute Gasteiger partial charge is 0.477 e. The van der Waals surface area contributed by atoms with Gasteiger partial charge in [-0.15, -0.1) is 0 Å². The van der Waals surface area contributed by atoms with Crippen LogP contribution < -0.4 is 16.2 Å². The van der Waals surface area contributed by atoms with E-state index < -0.39 is 11.5 Å². The average molecular weight is 359 g/mol. The Balaban J connectivity index is 0.00000117. The molecule has 1 fully saturated rings. The minimum atomic E-state index is -1.21.